The minimum atomic E-state index is -1.22. The van der Waals surface area contributed by atoms with E-state index in [1.54, 1.807) is 12.4 Å². The predicted octanol–water partition coefficient (Wildman–Crippen LogP) is 3.61. The number of anilines is 2. The van der Waals surface area contributed by atoms with E-state index in [4.69, 9.17) is 11.6 Å². The summed E-state index contributed by atoms with van der Waals surface area (Å²) < 4.78 is 18.6. The lowest BCUT2D eigenvalue weighted by atomic mass is 9.75. The molecule has 0 amide bonds. The van der Waals surface area contributed by atoms with Crippen LogP contribution >= 0.6 is 34.2 Å². The van der Waals surface area contributed by atoms with Gasteiger partial charge in [0, 0.05) is 67.2 Å². The Bertz CT molecular complexity index is 1330. The number of hydrogen-bond acceptors (Lipinski definition) is 8. The van der Waals surface area contributed by atoms with Gasteiger partial charge in [0.05, 0.1) is 9.61 Å². The maximum absolute atomic E-state index is 13.1. The van der Waals surface area contributed by atoms with Crippen molar-refractivity contribution in [2.24, 2.45) is 5.41 Å². The molecule has 13 heteroatoms. The van der Waals surface area contributed by atoms with Crippen LogP contribution in [0.25, 0.3) is 5.65 Å². The third-order valence-electron chi connectivity index (χ3n) is 7.25. The lowest BCUT2D eigenvalue weighted by Gasteiger charge is -2.43. The van der Waals surface area contributed by atoms with Gasteiger partial charge in [-0.1, -0.05) is 11.6 Å². The number of halogens is 2. The lowest BCUT2D eigenvalue weighted by molar-refractivity contribution is 0.0689. The molecule has 2 aliphatic heterocycles. The van der Waals surface area contributed by atoms with Gasteiger partial charge in [0.25, 0.3) is 0 Å². The van der Waals surface area contributed by atoms with Gasteiger partial charge in [0.15, 0.2) is 11.3 Å². The zero-order valence-corrected chi connectivity index (χ0v) is 24.5. The van der Waals surface area contributed by atoms with Crippen LogP contribution in [-0.2, 0) is 11.4 Å². The van der Waals surface area contributed by atoms with Gasteiger partial charge in [0.2, 0.25) is 5.95 Å². The van der Waals surface area contributed by atoms with Crippen molar-refractivity contribution in [1.29, 1.82) is 0 Å². The number of carboxylic acid groups (broad SMARTS) is 1. The topological polar surface area (TPSA) is 122 Å². The number of aromatic nitrogens is 4. The molecule has 1 unspecified atom stereocenters. The molecule has 2 N–H and O–H groups in total. The van der Waals surface area contributed by atoms with Crippen molar-refractivity contribution in [2.75, 3.05) is 36.0 Å². The average Bonchev–Trinajstić information content (AvgIpc) is 3.46. The van der Waals surface area contributed by atoms with E-state index in [1.807, 2.05) is 66.1 Å². The molecule has 198 valence electrons. The van der Waals surface area contributed by atoms with E-state index >= 15 is 0 Å². The number of rotatable bonds is 5. The Balaban J connectivity index is 1.43. The highest BCUT2D eigenvalue weighted by molar-refractivity contribution is 14.1. The molecule has 2 atom stereocenters. The second-order valence-corrected chi connectivity index (χ2v) is 14.1. The van der Waals surface area contributed by atoms with E-state index in [0.29, 0.717) is 40.0 Å². The second kappa shape index (κ2) is 10.0. The molecular weight excluding hydrogens is 629 g/mol. The Morgan fingerprint density at radius 3 is 2.65 bits per heavy atom. The molecule has 0 aromatic carbocycles. The minimum Gasteiger partial charge on any atom is -0.598 e. The van der Waals surface area contributed by atoms with Gasteiger partial charge in [-0.25, -0.2) is 19.7 Å². The van der Waals surface area contributed by atoms with E-state index in [0.717, 1.165) is 25.1 Å². The molecule has 0 saturated carbocycles. The Kier molecular flexibility index (Phi) is 7.24. The quantitative estimate of drug-likeness (QED) is 0.241. The summed E-state index contributed by atoms with van der Waals surface area (Å²) in [6.45, 7) is 8.79. The average molecular weight is 658 g/mol. The van der Waals surface area contributed by atoms with Gasteiger partial charge in [-0.15, -0.1) is 4.72 Å². The summed E-state index contributed by atoms with van der Waals surface area (Å²) in [5.74, 6) is -0.486. The minimum absolute atomic E-state index is 0.00849. The number of fused-ring (bicyclic) bond motifs is 1. The number of imidazole rings is 1. The van der Waals surface area contributed by atoms with Crippen LogP contribution in [0.15, 0.2) is 30.7 Å². The Morgan fingerprint density at radius 1 is 1.27 bits per heavy atom. The standard InChI is InChI=1S/C24H29ClIN7O3S/c1-23(2,3)37(36)30-16-13-32(15-4-7-27-17(25)12-15)14-24(16)5-9-31(10-6-24)22-29-19(21(34)35)18(26)20-28-8-11-33(20)22/h4,7-8,11-12,16,30H,5-6,9-10,13-14H2,1-3H3,(H,34,35)/t16-,37?/m1/s1. The highest BCUT2D eigenvalue weighted by Gasteiger charge is 2.51. The summed E-state index contributed by atoms with van der Waals surface area (Å²) in [7, 11) is 0. The fourth-order valence-electron chi connectivity index (χ4n) is 5.18. The van der Waals surface area contributed by atoms with Crippen LogP contribution in [0.3, 0.4) is 0 Å². The van der Waals surface area contributed by atoms with Crippen molar-refractivity contribution in [3.63, 3.8) is 0 Å². The van der Waals surface area contributed by atoms with Gasteiger partial charge < -0.3 is 19.5 Å². The molecular formula is C24H29ClIN7O3S. The zero-order valence-electron chi connectivity index (χ0n) is 20.8. The number of hydrogen-bond donors (Lipinski definition) is 2. The van der Waals surface area contributed by atoms with Gasteiger partial charge >= 0.3 is 5.97 Å². The number of aromatic carboxylic acids is 1. The number of carbonyl (C=O) groups is 1. The van der Waals surface area contributed by atoms with Gasteiger partial charge in [0.1, 0.15) is 9.90 Å². The molecule has 0 radical (unpaired) electrons. The molecule has 0 bridgehead atoms. The van der Waals surface area contributed by atoms with E-state index in [9.17, 15) is 14.5 Å². The summed E-state index contributed by atoms with van der Waals surface area (Å²) in [5.41, 5.74) is 1.47. The molecule has 3 aromatic rings. The van der Waals surface area contributed by atoms with E-state index < -0.39 is 17.3 Å². The Hall–Kier alpha value is -1.87. The molecule has 3 aromatic heterocycles. The molecule has 5 rings (SSSR count). The molecule has 2 aliphatic rings. The smallest absolute Gasteiger partial charge is 0.355 e. The molecule has 2 saturated heterocycles. The fourth-order valence-corrected chi connectivity index (χ4v) is 7.04. The second-order valence-electron chi connectivity index (χ2n) is 10.6. The highest BCUT2D eigenvalue weighted by Crippen LogP contribution is 2.44. The van der Waals surface area contributed by atoms with Crippen LogP contribution in [0.1, 0.15) is 44.1 Å². The summed E-state index contributed by atoms with van der Waals surface area (Å²) in [5, 5.41) is 10.2. The van der Waals surface area contributed by atoms with Crippen LogP contribution in [-0.4, -0.2) is 71.9 Å². The van der Waals surface area contributed by atoms with Gasteiger partial charge in [-0.2, -0.15) is 0 Å². The highest BCUT2D eigenvalue weighted by atomic mass is 127. The lowest BCUT2D eigenvalue weighted by Crippen LogP contribution is -2.55. The normalized spacial score (nSPS) is 20.6. The predicted molar refractivity (Wildman–Crippen MR) is 153 cm³/mol. The molecule has 1 spiro atoms. The zero-order chi connectivity index (χ0) is 26.5. The third kappa shape index (κ3) is 5.10. The largest absolute Gasteiger partial charge is 0.598 e. The first kappa shape index (κ1) is 26.7. The summed E-state index contributed by atoms with van der Waals surface area (Å²) >= 11 is 6.96. The molecule has 10 nitrogen and oxygen atoms in total. The van der Waals surface area contributed by atoms with Crippen molar-refractivity contribution < 1.29 is 14.5 Å². The SMILES string of the molecule is CC(C)(C)[S+]([O-])N[C@@H]1CN(c2ccnc(Cl)c2)CC12CCN(c1nc(C(=O)O)c(I)c3nccn13)CC2. The van der Waals surface area contributed by atoms with Crippen molar-refractivity contribution >= 4 is 68.8 Å². The maximum atomic E-state index is 13.1. The van der Waals surface area contributed by atoms with Crippen molar-refractivity contribution in [3.8, 4) is 0 Å². The van der Waals surface area contributed by atoms with Crippen LogP contribution in [0.5, 0.6) is 0 Å². The molecule has 2 fully saturated rings. The first-order valence-corrected chi connectivity index (χ1v) is 14.6. The van der Waals surface area contributed by atoms with E-state index in [-0.39, 0.29) is 21.9 Å². The van der Waals surface area contributed by atoms with Crippen LogP contribution in [0.4, 0.5) is 11.6 Å². The number of carboxylic acids is 1. The number of piperidine rings is 1. The molecule has 0 aliphatic carbocycles. The monoisotopic (exact) mass is 657 g/mol. The first-order valence-electron chi connectivity index (χ1n) is 12.0. The van der Waals surface area contributed by atoms with Crippen LogP contribution in [0, 0.1) is 8.99 Å². The third-order valence-corrected chi connectivity index (χ3v) is 10.1. The summed E-state index contributed by atoms with van der Waals surface area (Å²) in [4.78, 5) is 29.3. The number of nitrogens with zero attached hydrogens (tertiary/aromatic N) is 6. The number of pyridine rings is 1. The number of nitrogens with one attached hydrogen (secondary N) is 1. The summed E-state index contributed by atoms with van der Waals surface area (Å²) in [6.07, 6.45) is 6.84. The fraction of sp³-hybridized carbons (Fsp3) is 0.500. The Morgan fingerprint density at radius 2 is 2.00 bits per heavy atom. The van der Waals surface area contributed by atoms with Gasteiger partial charge in [-0.3, -0.25) is 4.40 Å². The van der Waals surface area contributed by atoms with Crippen LogP contribution in [0.2, 0.25) is 5.15 Å². The van der Waals surface area contributed by atoms with Crippen molar-refractivity contribution in [2.45, 2.75) is 44.4 Å². The van der Waals surface area contributed by atoms with Crippen molar-refractivity contribution in [3.05, 3.63) is 45.1 Å². The Labute approximate surface area is 237 Å². The maximum Gasteiger partial charge on any atom is 0.355 e. The summed E-state index contributed by atoms with van der Waals surface area (Å²) in [6, 6.07) is 3.83. The van der Waals surface area contributed by atoms with E-state index in [2.05, 4.69) is 29.5 Å². The first-order chi connectivity index (χ1) is 17.5. The van der Waals surface area contributed by atoms with Crippen LogP contribution < -0.4 is 14.5 Å². The molecule has 37 heavy (non-hydrogen) atoms. The van der Waals surface area contributed by atoms with Crippen molar-refractivity contribution in [1.82, 2.24) is 24.1 Å². The van der Waals surface area contributed by atoms with E-state index in [1.165, 1.54) is 0 Å². The molecule has 5 heterocycles. The van der Waals surface area contributed by atoms with Gasteiger partial charge in [-0.05, 0) is 68.3 Å².